The molecule has 0 fully saturated rings. The van der Waals surface area contributed by atoms with Crippen molar-refractivity contribution in [3.05, 3.63) is 84.1 Å². The summed E-state index contributed by atoms with van der Waals surface area (Å²) in [5, 5.41) is 12.5. The van der Waals surface area contributed by atoms with Crippen molar-refractivity contribution in [2.24, 2.45) is 0 Å². The molecule has 1 aromatic carbocycles. The molecule has 5 aromatic rings. The van der Waals surface area contributed by atoms with Crippen LogP contribution in [-0.2, 0) is 0 Å². The van der Waals surface area contributed by atoms with Crippen LogP contribution in [0.25, 0.3) is 22.5 Å². The zero-order valence-corrected chi connectivity index (χ0v) is 17.3. The summed E-state index contributed by atoms with van der Waals surface area (Å²) in [6.07, 6.45) is 7.15. The van der Waals surface area contributed by atoms with Gasteiger partial charge in [0.2, 0.25) is 0 Å². The Morgan fingerprint density at radius 1 is 0.633 bits per heavy atom. The van der Waals surface area contributed by atoms with E-state index in [-0.39, 0.29) is 0 Å². The van der Waals surface area contributed by atoms with Gasteiger partial charge in [0.15, 0.2) is 10.3 Å². The lowest BCUT2D eigenvalue weighted by molar-refractivity contribution is 1.30. The molecule has 0 bridgehead atoms. The van der Waals surface area contributed by atoms with Crippen molar-refractivity contribution in [1.29, 1.82) is 0 Å². The van der Waals surface area contributed by atoms with E-state index < -0.39 is 0 Å². The maximum atomic E-state index is 4.66. The monoisotopic (exact) mass is 428 g/mol. The summed E-state index contributed by atoms with van der Waals surface area (Å²) in [6, 6.07) is 15.9. The minimum atomic E-state index is 0.833. The minimum absolute atomic E-state index is 0.833. The molecule has 5 rings (SSSR count). The molecule has 0 radical (unpaired) electrons. The fourth-order valence-corrected chi connectivity index (χ4v) is 4.36. The second kappa shape index (κ2) is 8.40. The van der Waals surface area contributed by atoms with Crippen molar-refractivity contribution in [1.82, 2.24) is 19.9 Å². The average Bonchev–Trinajstić information content (AvgIpc) is 3.45. The second-order valence-corrected chi connectivity index (χ2v) is 8.11. The highest BCUT2D eigenvalue weighted by molar-refractivity contribution is 7.14. The largest absolute Gasteiger partial charge is 0.331 e. The molecule has 6 nitrogen and oxygen atoms in total. The number of benzene rings is 1. The Morgan fingerprint density at radius 2 is 1.17 bits per heavy atom. The van der Waals surface area contributed by atoms with E-state index in [0.29, 0.717) is 0 Å². The van der Waals surface area contributed by atoms with E-state index in [1.54, 1.807) is 35.1 Å². The van der Waals surface area contributed by atoms with Crippen molar-refractivity contribution in [3.8, 4) is 22.5 Å². The van der Waals surface area contributed by atoms with Gasteiger partial charge in [-0.3, -0.25) is 9.97 Å². The van der Waals surface area contributed by atoms with E-state index >= 15 is 0 Å². The van der Waals surface area contributed by atoms with Gasteiger partial charge in [0.05, 0.1) is 11.4 Å². The summed E-state index contributed by atoms with van der Waals surface area (Å²) in [7, 11) is 0. The van der Waals surface area contributed by atoms with Gasteiger partial charge in [-0.25, -0.2) is 9.97 Å². The first-order valence-corrected chi connectivity index (χ1v) is 11.0. The quantitative estimate of drug-likeness (QED) is 0.335. The third-order valence-electron chi connectivity index (χ3n) is 4.29. The molecule has 8 heteroatoms. The molecule has 0 saturated heterocycles. The topological polar surface area (TPSA) is 75.6 Å². The standard InChI is InChI=1S/C22H16N6S2/c1-6-17(25-21-27-19(13-29-21)15-4-2-8-23-11-15)10-18(7-1)26-22-28-20(14-30-22)16-5-3-9-24-12-16/h1-14H,(H,25,27)(H,26,28). The van der Waals surface area contributed by atoms with Crippen molar-refractivity contribution in [2.75, 3.05) is 10.6 Å². The summed E-state index contributed by atoms with van der Waals surface area (Å²) in [4.78, 5) is 17.6. The Kier molecular flexibility index (Phi) is 5.15. The number of thiazole rings is 2. The molecule has 0 aliphatic rings. The lowest BCUT2D eigenvalue weighted by Crippen LogP contribution is -1.93. The van der Waals surface area contributed by atoms with E-state index in [0.717, 1.165) is 44.2 Å². The molecule has 0 saturated carbocycles. The summed E-state index contributed by atoms with van der Waals surface area (Å²) in [5.41, 5.74) is 5.74. The Hall–Kier alpha value is -3.62. The van der Waals surface area contributed by atoms with Crippen LogP contribution < -0.4 is 10.6 Å². The molecule has 0 amide bonds. The number of rotatable bonds is 6. The molecular weight excluding hydrogens is 412 g/mol. The average molecular weight is 429 g/mol. The molecule has 0 aliphatic carbocycles. The second-order valence-electron chi connectivity index (χ2n) is 6.39. The van der Waals surface area contributed by atoms with E-state index in [1.165, 1.54) is 0 Å². The fourth-order valence-electron chi connectivity index (χ4n) is 2.88. The van der Waals surface area contributed by atoms with Gasteiger partial charge in [-0.15, -0.1) is 22.7 Å². The third kappa shape index (κ3) is 4.19. The molecule has 0 aliphatic heterocycles. The van der Waals surface area contributed by atoms with Crippen molar-refractivity contribution >= 4 is 44.3 Å². The first-order valence-electron chi connectivity index (χ1n) is 9.19. The summed E-state index contributed by atoms with van der Waals surface area (Å²) in [6.45, 7) is 0. The zero-order valence-electron chi connectivity index (χ0n) is 15.7. The van der Waals surface area contributed by atoms with Crippen LogP contribution in [0.1, 0.15) is 0 Å². The molecule has 30 heavy (non-hydrogen) atoms. The molecule has 0 atom stereocenters. The van der Waals surface area contributed by atoms with E-state index in [4.69, 9.17) is 0 Å². The molecule has 146 valence electrons. The molecule has 4 aromatic heterocycles. The van der Waals surface area contributed by atoms with Gasteiger partial charge in [0.1, 0.15) is 0 Å². The number of pyridine rings is 2. The van der Waals surface area contributed by atoms with E-state index in [1.807, 2.05) is 71.7 Å². The number of nitrogens with one attached hydrogen (secondary N) is 2. The number of hydrogen-bond donors (Lipinski definition) is 2. The highest BCUT2D eigenvalue weighted by Gasteiger charge is 2.07. The van der Waals surface area contributed by atoms with Crippen LogP contribution in [0.2, 0.25) is 0 Å². The molecule has 4 heterocycles. The van der Waals surface area contributed by atoms with Crippen molar-refractivity contribution in [3.63, 3.8) is 0 Å². The first kappa shape index (κ1) is 18.4. The highest BCUT2D eigenvalue weighted by atomic mass is 32.1. The van der Waals surface area contributed by atoms with Crippen LogP contribution in [0, 0.1) is 0 Å². The number of hydrogen-bond acceptors (Lipinski definition) is 8. The third-order valence-corrected chi connectivity index (χ3v) is 5.80. The summed E-state index contributed by atoms with van der Waals surface area (Å²) >= 11 is 3.13. The van der Waals surface area contributed by atoms with Gasteiger partial charge in [-0.2, -0.15) is 0 Å². The lowest BCUT2D eigenvalue weighted by Gasteiger charge is -2.07. The van der Waals surface area contributed by atoms with Crippen molar-refractivity contribution in [2.45, 2.75) is 0 Å². The summed E-state index contributed by atoms with van der Waals surface area (Å²) in [5.74, 6) is 0. The van der Waals surface area contributed by atoms with Gasteiger partial charge >= 0.3 is 0 Å². The molecule has 2 N–H and O–H groups in total. The van der Waals surface area contributed by atoms with E-state index in [9.17, 15) is 0 Å². The van der Waals surface area contributed by atoms with Crippen LogP contribution in [0.4, 0.5) is 21.6 Å². The fraction of sp³-hybridized carbons (Fsp3) is 0. The predicted octanol–water partition coefficient (Wildman–Crippen LogP) is 6.21. The summed E-state index contributed by atoms with van der Waals surface area (Å²) < 4.78 is 0. The first-order chi connectivity index (χ1) is 14.8. The van der Waals surface area contributed by atoms with Crippen LogP contribution in [0.5, 0.6) is 0 Å². The SMILES string of the molecule is c1cc(Nc2nc(-c3cccnc3)cs2)cc(Nc2nc(-c3cccnc3)cs2)c1. The predicted molar refractivity (Wildman–Crippen MR) is 124 cm³/mol. The highest BCUT2D eigenvalue weighted by Crippen LogP contribution is 2.30. The van der Waals surface area contributed by atoms with Gasteiger partial charge in [0, 0.05) is 58.0 Å². The lowest BCUT2D eigenvalue weighted by atomic mass is 10.2. The normalized spacial score (nSPS) is 10.7. The number of aromatic nitrogens is 4. The number of nitrogens with zero attached hydrogens (tertiary/aromatic N) is 4. The zero-order chi connectivity index (χ0) is 20.2. The van der Waals surface area contributed by atoms with Gasteiger partial charge in [-0.05, 0) is 42.5 Å². The smallest absolute Gasteiger partial charge is 0.187 e. The number of anilines is 4. The Morgan fingerprint density at radius 3 is 1.63 bits per heavy atom. The van der Waals surface area contributed by atoms with Crippen LogP contribution >= 0.6 is 22.7 Å². The minimum Gasteiger partial charge on any atom is -0.331 e. The Balaban J connectivity index is 1.29. The van der Waals surface area contributed by atoms with Crippen LogP contribution in [0.3, 0.4) is 0 Å². The molecule has 0 spiro atoms. The van der Waals surface area contributed by atoms with E-state index in [2.05, 4.69) is 30.6 Å². The Labute approximate surface area is 181 Å². The maximum Gasteiger partial charge on any atom is 0.187 e. The van der Waals surface area contributed by atoms with Crippen LogP contribution in [-0.4, -0.2) is 19.9 Å². The Bertz CT molecular complexity index is 1160. The molecular formula is C22H16N6S2. The van der Waals surface area contributed by atoms with Gasteiger partial charge in [0.25, 0.3) is 0 Å². The van der Waals surface area contributed by atoms with Crippen LogP contribution in [0.15, 0.2) is 84.1 Å². The van der Waals surface area contributed by atoms with Gasteiger partial charge < -0.3 is 10.6 Å². The molecule has 0 unspecified atom stereocenters. The van der Waals surface area contributed by atoms with Gasteiger partial charge in [-0.1, -0.05) is 6.07 Å². The van der Waals surface area contributed by atoms with Crippen molar-refractivity contribution < 1.29 is 0 Å². The maximum absolute atomic E-state index is 4.66.